The minimum atomic E-state index is -0.895. The maximum Gasteiger partial charge on any atom is 0.338 e. The van der Waals surface area contributed by atoms with E-state index < -0.39 is 23.4 Å². The molecule has 2 N–H and O–H groups in total. The van der Waals surface area contributed by atoms with Gasteiger partial charge in [-0.1, -0.05) is 0 Å². The van der Waals surface area contributed by atoms with E-state index in [0.717, 1.165) is 16.9 Å². The highest BCUT2D eigenvalue weighted by molar-refractivity contribution is 7.07. The summed E-state index contributed by atoms with van der Waals surface area (Å²) in [7, 11) is 0. The van der Waals surface area contributed by atoms with Crippen molar-refractivity contribution in [1.82, 2.24) is 14.5 Å². The monoisotopic (exact) mass is 478 g/mol. The Morgan fingerprint density at radius 1 is 1.00 bits per heavy atom. The summed E-state index contributed by atoms with van der Waals surface area (Å²) < 4.78 is 12.4. The van der Waals surface area contributed by atoms with Crippen LogP contribution >= 0.6 is 11.3 Å². The van der Waals surface area contributed by atoms with Gasteiger partial charge < -0.3 is 15.2 Å². The van der Waals surface area contributed by atoms with Crippen LogP contribution in [0.15, 0.2) is 59.4 Å². The summed E-state index contributed by atoms with van der Waals surface area (Å²) in [4.78, 5) is 47.7. The number of nitrogens with two attached hydrogens (primary N) is 1. The third-order valence-corrected chi connectivity index (χ3v) is 6.29. The van der Waals surface area contributed by atoms with E-state index in [9.17, 15) is 14.4 Å². The van der Waals surface area contributed by atoms with Crippen LogP contribution in [0.2, 0.25) is 0 Å². The van der Waals surface area contributed by atoms with Crippen LogP contribution in [0.5, 0.6) is 0 Å². The third-order valence-electron chi connectivity index (χ3n) is 5.18. The number of rotatable bonds is 6. The zero-order chi connectivity index (χ0) is 24.2. The molecule has 3 aromatic rings. The number of carbonyl (C=O) groups excluding carboxylic acids is 2. The minimum Gasteiger partial charge on any atom is -0.463 e. The Morgan fingerprint density at radius 3 is 2.15 bits per heavy atom. The van der Waals surface area contributed by atoms with Crippen LogP contribution in [0.3, 0.4) is 0 Å². The van der Waals surface area contributed by atoms with Gasteiger partial charge >= 0.3 is 11.9 Å². The molecule has 4 heterocycles. The molecule has 0 saturated carbocycles. The summed E-state index contributed by atoms with van der Waals surface area (Å²) in [6.07, 6.45) is 8.01. The van der Waals surface area contributed by atoms with Gasteiger partial charge in [-0.2, -0.15) is 0 Å². The number of ether oxygens (including phenoxy) is 2. The van der Waals surface area contributed by atoms with E-state index in [-0.39, 0.29) is 30.2 Å². The number of thiazole rings is 1. The van der Waals surface area contributed by atoms with Crippen LogP contribution in [-0.4, -0.2) is 39.7 Å². The average Bonchev–Trinajstić information content (AvgIpc) is 3.16. The molecule has 4 rings (SSSR count). The summed E-state index contributed by atoms with van der Waals surface area (Å²) in [5.74, 6) is -2.34. The first kappa shape index (κ1) is 23.1. The van der Waals surface area contributed by atoms with Crippen LogP contribution in [0.25, 0.3) is 17.5 Å². The molecule has 1 unspecified atom stereocenters. The molecule has 0 amide bonds. The molecular formula is C24H22N4O5S. The maximum atomic E-state index is 13.4. The predicted molar refractivity (Wildman–Crippen MR) is 127 cm³/mol. The van der Waals surface area contributed by atoms with E-state index in [2.05, 4.69) is 9.97 Å². The SMILES string of the molecule is CCOC(=O)C1=C(N)n2c(s/c(=C/c3ccncc3)c2=O)=C(C(=O)OCC)C1c1ccncc1. The molecule has 3 aromatic heterocycles. The van der Waals surface area contributed by atoms with Crippen molar-refractivity contribution in [2.75, 3.05) is 13.2 Å². The van der Waals surface area contributed by atoms with Crippen molar-refractivity contribution in [1.29, 1.82) is 0 Å². The summed E-state index contributed by atoms with van der Waals surface area (Å²) in [5, 5.41) is 0. The molecule has 10 heteroatoms. The van der Waals surface area contributed by atoms with Crippen LogP contribution in [-0.2, 0) is 19.1 Å². The first-order valence-electron chi connectivity index (χ1n) is 10.6. The van der Waals surface area contributed by atoms with Gasteiger partial charge in [-0.05, 0) is 55.3 Å². The molecule has 1 atom stereocenters. The Hall–Kier alpha value is -4.05. The molecule has 9 nitrogen and oxygen atoms in total. The molecule has 34 heavy (non-hydrogen) atoms. The van der Waals surface area contributed by atoms with Gasteiger partial charge in [0.15, 0.2) is 0 Å². The van der Waals surface area contributed by atoms with Crippen LogP contribution in [0, 0.1) is 0 Å². The quantitative estimate of drug-likeness (QED) is 0.514. The molecule has 0 saturated heterocycles. The second-order valence-corrected chi connectivity index (χ2v) is 8.23. The molecule has 174 valence electrons. The molecule has 0 spiro atoms. The van der Waals surface area contributed by atoms with Gasteiger partial charge in [0.1, 0.15) is 10.5 Å². The number of aromatic nitrogens is 3. The van der Waals surface area contributed by atoms with E-state index in [1.54, 1.807) is 69.0 Å². The van der Waals surface area contributed by atoms with E-state index >= 15 is 0 Å². The second-order valence-electron chi connectivity index (χ2n) is 7.20. The van der Waals surface area contributed by atoms with Crippen molar-refractivity contribution >= 4 is 40.7 Å². The Labute approximate surface area is 198 Å². The highest BCUT2D eigenvalue weighted by Gasteiger charge is 2.39. The van der Waals surface area contributed by atoms with Gasteiger partial charge in [0.25, 0.3) is 5.56 Å². The van der Waals surface area contributed by atoms with Gasteiger partial charge in [-0.3, -0.25) is 19.3 Å². The molecule has 0 aliphatic carbocycles. The van der Waals surface area contributed by atoms with Crippen molar-refractivity contribution in [2.45, 2.75) is 19.8 Å². The highest BCUT2D eigenvalue weighted by Crippen LogP contribution is 2.37. The number of carbonyl (C=O) groups is 2. The number of fused-ring (bicyclic) bond motifs is 1. The predicted octanol–water partition coefficient (Wildman–Crippen LogP) is 0.730. The minimum absolute atomic E-state index is 0.000959. The van der Waals surface area contributed by atoms with Crippen LogP contribution in [0.1, 0.15) is 30.9 Å². The van der Waals surface area contributed by atoms with E-state index in [4.69, 9.17) is 15.2 Å². The number of pyridine rings is 2. The van der Waals surface area contributed by atoms with Crippen molar-refractivity contribution < 1.29 is 19.1 Å². The summed E-state index contributed by atoms with van der Waals surface area (Å²) in [6, 6.07) is 6.87. The smallest absolute Gasteiger partial charge is 0.338 e. The van der Waals surface area contributed by atoms with Crippen molar-refractivity contribution in [2.24, 2.45) is 5.73 Å². The Balaban J connectivity index is 2.11. The van der Waals surface area contributed by atoms with E-state index in [1.165, 1.54) is 4.57 Å². The van der Waals surface area contributed by atoms with Crippen LogP contribution < -0.4 is 20.5 Å². The lowest BCUT2D eigenvalue weighted by Crippen LogP contribution is -2.42. The fraction of sp³-hybridized carbons (Fsp3) is 0.208. The lowest BCUT2D eigenvalue weighted by Gasteiger charge is -2.26. The molecule has 1 aliphatic rings. The highest BCUT2D eigenvalue weighted by atomic mass is 32.1. The topological polar surface area (TPSA) is 126 Å². The van der Waals surface area contributed by atoms with E-state index in [0.29, 0.717) is 14.8 Å². The molecule has 0 radical (unpaired) electrons. The van der Waals surface area contributed by atoms with Crippen molar-refractivity contribution in [3.63, 3.8) is 0 Å². The zero-order valence-electron chi connectivity index (χ0n) is 18.6. The fourth-order valence-corrected chi connectivity index (χ4v) is 4.93. The number of nitrogens with zero attached hydrogens (tertiary/aromatic N) is 3. The molecule has 0 aromatic carbocycles. The van der Waals surface area contributed by atoms with Crippen LogP contribution in [0.4, 0.5) is 0 Å². The first-order valence-corrected chi connectivity index (χ1v) is 11.4. The summed E-state index contributed by atoms with van der Waals surface area (Å²) in [6.45, 7) is 3.56. The van der Waals surface area contributed by atoms with E-state index in [1.807, 2.05) is 0 Å². The fourth-order valence-electron chi connectivity index (χ4n) is 3.76. The largest absolute Gasteiger partial charge is 0.463 e. The standard InChI is InChI=1S/C24H22N4O5S/c1-3-32-23(30)18-17(15-7-11-27-12-8-15)19(24(31)33-4-2)22-28(20(18)25)21(29)16(34-22)13-14-5-9-26-10-6-14/h5-13,17H,3-4,25H2,1-2H3/b16-13+. The van der Waals surface area contributed by atoms with Gasteiger partial charge in [-0.25, -0.2) is 9.59 Å². The molecule has 1 aliphatic heterocycles. The first-order chi connectivity index (χ1) is 16.5. The zero-order valence-corrected chi connectivity index (χ0v) is 19.4. The summed E-state index contributed by atoms with van der Waals surface area (Å²) >= 11 is 1.10. The average molecular weight is 479 g/mol. The lowest BCUT2D eigenvalue weighted by atomic mass is 9.83. The normalized spacial score (nSPS) is 15.8. The number of hydrogen-bond donors (Lipinski definition) is 1. The second kappa shape index (κ2) is 9.84. The van der Waals surface area contributed by atoms with Crippen molar-refractivity contribution in [3.8, 4) is 0 Å². The third kappa shape index (κ3) is 4.15. The Bertz CT molecular complexity index is 1440. The molecule has 0 bridgehead atoms. The van der Waals surface area contributed by atoms with Gasteiger partial charge in [0.2, 0.25) is 0 Å². The number of hydrogen-bond acceptors (Lipinski definition) is 9. The Morgan fingerprint density at radius 2 is 1.56 bits per heavy atom. The van der Waals surface area contributed by atoms with Gasteiger partial charge in [0.05, 0.1) is 34.8 Å². The number of esters is 2. The maximum absolute atomic E-state index is 13.4. The van der Waals surface area contributed by atoms with Gasteiger partial charge in [0, 0.05) is 24.8 Å². The lowest BCUT2D eigenvalue weighted by molar-refractivity contribution is -0.138. The van der Waals surface area contributed by atoms with Crippen molar-refractivity contribution in [3.05, 3.63) is 85.3 Å². The summed E-state index contributed by atoms with van der Waals surface area (Å²) in [5.41, 5.74) is 7.47. The van der Waals surface area contributed by atoms with Gasteiger partial charge in [-0.15, -0.1) is 11.3 Å². The Kier molecular flexibility index (Phi) is 6.69. The molecule has 0 fully saturated rings. The molecular weight excluding hydrogens is 456 g/mol.